The van der Waals surface area contributed by atoms with Gasteiger partial charge in [0.2, 0.25) is 0 Å². The lowest BCUT2D eigenvalue weighted by Crippen LogP contribution is -2.43. The fourth-order valence-electron chi connectivity index (χ4n) is 3.51. The number of hydrogen-bond acceptors (Lipinski definition) is 3. The molecule has 2 atom stereocenters. The van der Waals surface area contributed by atoms with E-state index < -0.39 is 0 Å². The smallest absolute Gasteiger partial charge is 0.182 e. The van der Waals surface area contributed by atoms with Crippen LogP contribution < -0.4 is 0 Å². The minimum absolute atomic E-state index is 0.0126. The zero-order valence-corrected chi connectivity index (χ0v) is 16.0. The number of benzene rings is 2. The lowest BCUT2D eigenvalue weighted by molar-refractivity contribution is 0.0415. The lowest BCUT2D eigenvalue weighted by Gasteiger charge is -2.29. The van der Waals surface area contributed by atoms with Gasteiger partial charge in [-0.15, -0.1) is 5.73 Å². The van der Waals surface area contributed by atoms with Crippen molar-refractivity contribution in [3.63, 3.8) is 0 Å². The molecule has 0 bridgehead atoms. The predicted molar refractivity (Wildman–Crippen MR) is 107 cm³/mol. The maximum absolute atomic E-state index is 13.4. The molecule has 1 fully saturated rings. The third kappa shape index (κ3) is 3.72. The molecule has 1 aliphatic heterocycles. The van der Waals surface area contributed by atoms with Gasteiger partial charge in [0, 0.05) is 34.6 Å². The largest absolute Gasteiger partial charge is 0.304 e. The summed E-state index contributed by atoms with van der Waals surface area (Å²) in [6, 6.07) is 14.4. The number of halogens is 2. The van der Waals surface area contributed by atoms with E-state index in [-0.39, 0.29) is 17.7 Å². The quantitative estimate of drug-likeness (QED) is 0.522. The number of hydrazine groups is 1. The highest BCUT2D eigenvalue weighted by Crippen LogP contribution is 2.35. The highest BCUT2D eigenvalue weighted by molar-refractivity contribution is 6.31. The first kappa shape index (κ1) is 18.8. The molecule has 26 heavy (non-hydrogen) atoms. The number of carbonyl (C=O) groups excluding carboxylic acids is 1. The Morgan fingerprint density at radius 2 is 1.96 bits per heavy atom. The van der Waals surface area contributed by atoms with Gasteiger partial charge in [0.05, 0.1) is 6.20 Å². The van der Waals surface area contributed by atoms with Crippen molar-refractivity contribution in [2.45, 2.75) is 18.9 Å². The van der Waals surface area contributed by atoms with Crippen molar-refractivity contribution in [2.75, 3.05) is 13.1 Å². The summed E-state index contributed by atoms with van der Waals surface area (Å²) in [5.74, 6) is 0.0508. The van der Waals surface area contributed by atoms with Crippen LogP contribution in [0.3, 0.4) is 0 Å². The molecule has 0 N–H and O–H groups in total. The molecule has 0 amide bonds. The van der Waals surface area contributed by atoms with Crippen molar-refractivity contribution in [1.82, 2.24) is 10.0 Å². The average molecular weight is 387 g/mol. The van der Waals surface area contributed by atoms with Gasteiger partial charge in [-0.3, -0.25) is 4.79 Å². The van der Waals surface area contributed by atoms with Crippen molar-refractivity contribution in [2.24, 2.45) is 0 Å². The van der Waals surface area contributed by atoms with Crippen LogP contribution in [-0.2, 0) is 0 Å². The number of hydrogen-bond donors (Lipinski definition) is 0. The summed E-state index contributed by atoms with van der Waals surface area (Å²) in [6.45, 7) is 7.07. The Kier molecular flexibility index (Phi) is 5.85. The molecule has 2 aromatic rings. The Balaban J connectivity index is 2.04. The topological polar surface area (TPSA) is 23.6 Å². The number of nitrogens with zero attached hydrogens (tertiary/aromatic N) is 2. The molecular formula is C21H20Cl2N2O. The second-order valence-corrected chi connectivity index (χ2v) is 7.06. The number of carbonyl (C=O) groups is 1. The van der Waals surface area contributed by atoms with Crippen LogP contribution in [0.5, 0.6) is 0 Å². The van der Waals surface area contributed by atoms with E-state index >= 15 is 0 Å². The lowest BCUT2D eigenvalue weighted by atomic mass is 9.87. The second-order valence-electron chi connectivity index (χ2n) is 6.19. The zero-order valence-electron chi connectivity index (χ0n) is 14.5. The van der Waals surface area contributed by atoms with Crippen LogP contribution in [0.1, 0.15) is 28.8 Å². The van der Waals surface area contributed by atoms with Crippen LogP contribution in [0, 0.1) is 0 Å². The monoisotopic (exact) mass is 386 g/mol. The average Bonchev–Trinajstić information content (AvgIpc) is 3.00. The van der Waals surface area contributed by atoms with Gasteiger partial charge in [-0.05, 0) is 42.0 Å². The molecule has 0 aromatic heterocycles. The molecule has 3 nitrogen and oxygen atoms in total. The van der Waals surface area contributed by atoms with E-state index in [0.717, 1.165) is 5.56 Å². The van der Waals surface area contributed by atoms with Gasteiger partial charge in [-0.25, -0.2) is 5.01 Å². The first-order valence-corrected chi connectivity index (χ1v) is 9.25. The van der Waals surface area contributed by atoms with E-state index in [4.69, 9.17) is 23.2 Å². The van der Waals surface area contributed by atoms with Gasteiger partial charge in [0.15, 0.2) is 5.78 Å². The summed E-state index contributed by atoms with van der Waals surface area (Å²) in [5.41, 5.74) is 4.51. The minimum Gasteiger partial charge on any atom is -0.304 e. The zero-order chi connectivity index (χ0) is 18.7. The summed E-state index contributed by atoms with van der Waals surface area (Å²) in [6.07, 6.45) is 1.79. The van der Waals surface area contributed by atoms with Gasteiger partial charge in [-0.1, -0.05) is 48.8 Å². The molecule has 1 saturated heterocycles. The molecule has 2 unspecified atom stereocenters. The molecule has 3 rings (SSSR count). The van der Waals surface area contributed by atoms with E-state index in [0.29, 0.717) is 28.7 Å². The molecule has 5 heteroatoms. The number of Topliss-reactive ketones (excluding diaryl/α,β-unsaturated/α-hetero) is 1. The van der Waals surface area contributed by atoms with E-state index in [1.807, 2.05) is 36.2 Å². The van der Waals surface area contributed by atoms with Crippen LogP contribution in [0.2, 0.25) is 10.0 Å². The first-order chi connectivity index (χ1) is 12.5. The first-order valence-electron chi connectivity index (χ1n) is 8.49. The number of rotatable bonds is 5. The highest BCUT2D eigenvalue weighted by atomic mass is 35.5. The Labute approximate surface area is 164 Å². The maximum Gasteiger partial charge on any atom is 0.182 e. The summed E-state index contributed by atoms with van der Waals surface area (Å²) in [5, 5.41) is 5.35. The van der Waals surface area contributed by atoms with Crippen molar-refractivity contribution in [1.29, 1.82) is 0 Å². The molecule has 2 aromatic carbocycles. The predicted octanol–water partition coefficient (Wildman–Crippen LogP) is 5.18. The van der Waals surface area contributed by atoms with Gasteiger partial charge >= 0.3 is 0 Å². The third-order valence-electron chi connectivity index (χ3n) is 4.65. The fourth-order valence-corrected chi connectivity index (χ4v) is 3.84. The van der Waals surface area contributed by atoms with E-state index in [2.05, 4.69) is 17.3 Å². The standard InChI is InChI=1S/C21H20Cl2N2O/c1-3-12-24-14-19(16-6-5-7-18(23)13-16)20(25(24)4-2)21(26)15-8-10-17(22)11-9-15/h5-13,19-20H,1,4,14H2,2H3. The normalized spacial score (nSPS) is 20.0. The Bertz CT molecular complexity index is 843. The van der Waals surface area contributed by atoms with Gasteiger partial charge in [-0.2, -0.15) is 0 Å². The van der Waals surface area contributed by atoms with Crippen molar-refractivity contribution in [3.05, 3.63) is 88.2 Å². The molecular weight excluding hydrogens is 367 g/mol. The molecule has 1 aliphatic rings. The maximum atomic E-state index is 13.4. The van der Waals surface area contributed by atoms with E-state index in [1.54, 1.807) is 30.5 Å². The van der Waals surface area contributed by atoms with E-state index in [1.165, 1.54) is 0 Å². The number of ketones is 1. The molecule has 134 valence electrons. The minimum atomic E-state index is -0.329. The van der Waals surface area contributed by atoms with Gasteiger partial charge in [0.1, 0.15) is 6.04 Å². The van der Waals surface area contributed by atoms with Gasteiger partial charge in [0.25, 0.3) is 0 Å². The van der Waals surface area contributed by atoms with E-state index in [9.17, 15) is 4.79 Å². The molecule has 0 aliphatic carbocycles. The molecule has 0 radical (unpaired) electrons. The van der Waals surface area contributed by atoms with Crippen LogP contribution in [0.4, 0.5) is 0 Å². The van der Waals surface area contributed by atoms with Crippen LogP contribution in [0.15, 0.2) is 67.0 Å². The number of likely N-dealkylation sites (N-methyl/N-ethyl adjacent to an activating group) is 1. The Morgan fingerprint density at radius 1 is 1.23 bits per heavy atom. The highest BCUT2D eigenvalue weighted by Gasteiger charge is 2.43. The summed E-state index contributed by atoms with van der Waals surface area (Å²) >= 11 is 12.2. The van der Waals surface area contributed by atoms with Crippen LogP contribution >= 0.6 is 23.2 Å². The molecule has 0 saturated carbocycles. The Hall–Kier alpha value is -2.03. The summed E-state index contributed by atoms with van der Waals surface area (Å²) in [4.78, 5) is 13.4. The van der Waals surface area contributed by atoms with Crippen LogP contribution in [0.25, 0.3) is 0 Å². The van der Waals surface area contributed by atoms with Gasteiger partial charge < -0.3 is 5.01 Å². The Morgan fingerprint density at radius 3 is 2.58 bits per heavy atom. The fraction of sp³-hybridized carbons (Fsp3) is 0.238. The molecule has 1 heterocycles. The van der Waals surface area contributed by atoms with Crippen LogP contribution in [-0.4, -0.2) is 34.9 Å². The summed E-state index contributed by atoms with van der Waals surface area (Å²) in [7, 11) is 0. The second kappa shape index (κ2) is 8.11. The third-order valence-corrected chi connectivity index (χ3v) is 5.14. The van der Waals surface area contributed by atoms with Crippen molar-refractivity contribution < 1.29 is 4.79 Å². The van der Waals surface area contributed by atoms with Crippen molar-refractivity contribution >= 4 is 29.0 Å². The molecule has 0 spiro atoms. The SMILES string of the molecule is C=C=CN1CC(c2cccc(Cl)c2)C(C(=O)c2ccc(Cl)cc2)N1CC. The summed E-state index contributed by atoms with van der Waals surface area (Å²) < 4.78 is 0. The van der Waals surface area contributed by atoms with Crippen molar-refractivity contribution in [3.8, 4) is 0 Å².